The molecule has 1 amide bonds. The monoisotopic (exact) mass is 339 g/mol. The predicted octanol–water partition coefficient (Wildman–Crippen LogP) is 2.02. The largest absolute Gasteiger partial charge is 0.304 e. The van der Waals surface area contributed by atoms with Crippen LogP contribution < -0.4 is 5.32 Å². The van der Waals surface area contributed by atoms with Crippen LogP contribution in [0.3, 0.4) is 0 Å². The highest BCUT2D eigenvalue weighted by Gasteiger charge is 2.30. The molecule has 1 unspecified atom stereocenters. The molecule has 1 fully saturated rings. The molecule has 25 heavy (non-hydrogen) atoms. The highest BCUT2D eigenvalue weighted by atomic mass is 16.2. The minimum atomic E-state index is -0.334. The Labute approximate surface area is 148 Å². The molecule has 1 aliphatic heterocycles. The van der Waals surface area contributed by atoms with Crippen molar-refractivity contribution in [3.8, 4) is 0 Å². The van der Waals surface area contributed by atoms with E-state index in [1.807, 2.05) is 50.2 Å². The standard InChI is InChI=1S/C19H25N5O/c1-14-13-15(2)21-19(20-14)22-18(25)17(16-7-5-4-6-8-16)24-11-9-23(3)10-12-24/h4-8,13,17H,9-12H2,1-3H3,(H,20,21,22,25). The number of aryl methyl sites for hydroxylation is 2. The molecule has 132 valence electrons. The SMILES string of the molecule is Cc1cc(C)nc(NC(=O)C(c2ccccc2)N2CCN(C)CC2)n1. The number of carbonyl (C=O) groups excluding carboxylic acids is 1. The third-order valence-electron chi connectivity index (χ3n) is 4.48. The van der Waals surface area contributed by atoms with E-state index in [-0.39, 0.29) is 11.9 Å². The lowest BCUT2D eigenvalue weighted by Crippen LogP contribution is -2.48. The molecule has 0 bridgehead atoms. The third-order valence-corrected chi connectivity index (χ3v) is 4.48. The van der Waals surface area contributed by atoms with Crippen LogP contribution in [0.2, 0.25) is 0 Å². The summed E-state index contributed by atoms with van der Waals surface area (Å²) in [7, 11) is 2.11. The zero-order valence-electron chi connectivity index (χ0n) is 15.1. The minimum absolute atomic E-state index is 0.0826. The molecule has 0 spiro atoms. The quantitative estimate of drug-likeness (QED) is 0.923. The first-order valence-corrected chi connectivity index (χ1v) is 8.63. The number of amides is 1. The molecule has 1 aromatic carbocycles. The van der Waals surface area contributed by atoms with Gasteiger partial charge in [0.25, 0.3) is 0 Å². The Hall–Kier alpha value is -2.31. The van der Waals surface area contributed by atoms with Gasteiger partial charge in [0.1, 0.15) is 6.04 Å². The molecular formula is C19H25N5O. The van der Waals surface area contributed by atoms with Gasteiger partial charge in [-0.1, -0.05) is 30.3 Å². The van der Waals surface area contributed by atoms with Crippen molar-refractivity contribution in [1.29, 1.82) is 0 Å². The molecule has 6 nitrogen and oxygen atoms in total. The summed E-state index contributed by atoms with van der Waals surface area (Å²) < 4.78 is 0. The zero-order valence-corrected chi connectivity index (χ0v) is 15.1. The summed E-state index contributed by atoms with van der Waals surface area (Å²) in [5.41, 5.74) is 2.69. The lowest BCUT2D eigenvalue weighted by molar-refractivity contribution is -0.122. The Morgan fingerprint density at radius 1 is 1.04 bits per heavy atom. The first-order valence-electron chi connectivity index (χ1n) is 8.63. The minimum Gasteiger partial charge on any atom is -0.304 e. The Morgan fingerprint density at radius 3 is 2.24 bits per heavy atom. The van der Waals surface area contributed by atoms with Gasteiger partial charge in [0.15, 0.2) is 0 Å². The Morgan fingerprint density at radius 2 is 1.64 bits per heavy atom. The molecule has 0 radical (unpaired) electrons. The van der Waals surface area contributed by atoms with Crippen molar-refractivity contribution in [3.63, 3.8) is 0 Å². The smallest absolute Gasteiger partial charge is 0.248 e. The molecule has 1 atom stereocenters. The van der Waals surface area contributed by atoms with Crippen molar-refractivity contribution in [1.82, 2.24) is 19.8 Å². The molecule has 6 heteroatoms. The fourth-order valence-corrected chi connectivity index (χ4v) is 3.20. The van der Waals surface area contributed by atoms with Gasteiger partial charge in [-0.3, -0.25) is 15.0 Å². The van der Waals surface area contributed by atoms with Crippen molar-refractivity contribution in [2.24, 2.45) is 0 Å². The topological polar surface area (TPSA) is 61.4 Å². The van der Waals surface area contributed by atoms with Gasteiger partial charge in [-0.15, -0.1) is 0 Å². The number of benzene rings is 1. The normalized spacial score (nSPS) is 17.2. The van der Waals surface area contributed by atoms with Crippen LogP contribution in [0.4, 0.5) is 5.95 Å². The van der Waals surface area contributed by atoms with Crippen LogP contribution in [0.1, 0.15) is 23.0 Å². The molecule has 1 aromatic heterocycles. The van der Waals surface area contributed by atoms with Crippen LogP contribution in [-0.2, 0) is 4.79 Å². The van der Waals surface area contributed by atoms with E-state index in [4.69, 9.17) is 0 Å². The second-order valence-electron chi connectivity index (χ2n) is 6.62. The number of likely N-dealkylation sites (N-methyl/N-ethyl adjacent to an activating group) is 1. The Bertz CT molecular complexity index is 706. The van der Waals surface area contributed by atoms with Gasteiger partial charge in [-0.2, -0.15) is 0 Å². The van der Waals surface area contributed by atoms with E-state index in [2.05, 4.69) is 32.1 Å². The molecule has 1 N–H and O–H groups in total. The number of nitrogens with zero attached hydrogens (tertiary/aromatic N) is 4. The summed E-state index contributed by atoms with van der Waals surface area (Å²) in [5, 5.41) is 2.91. The maximum absolute atomic E-state index is 13.1. The second kappa shape index (κ2) is 7.72. The number of piperazine rings is 1. The molecule has 2 heterocycles. The molecule has 0 saturated carbocycles. The fraction of sp³-hybridized carbons (Fsp3) is 0.421. The van der Waals surface area contributed by atoms with Gasteiger partial charge in [0.2, 0.25) is 11.9 Å². The molecule has 1 saturated heterocycles. The van der Waals surface area contributed by atoms with Crippen LogP contribution >= 0.6 is 0 Å². The highest BCUT2D eigenvalue weighted by Crippen LogP contribution is 2.23. The summed E-state index contributed by atoms with van der Waals surface area (Å²) in [6.45, 7) is 7.43. The summed E-state index contributed by atoms with van der Waals surface area (Å²) in [5.74, 6) is 0.290. The average molecular weight is 339 g/mol. The van der Waals surface area contributed by atoms with Crippen LogP contribution in [0.25, 0.3) is 0 Å². The Kier molecular flexibility index (Phi) is 5.40. The summed E-state index contributed by atoms with van der Waals surface area (Å²) in [6, 6.07) is 11.5. The number of rotatable bonds is 4. The van der Waals surface area contributed by atoms with E-state index in [9.17, 15) is 4.79 Å². The van der Waals surface area contributed by atoms with Crippen molar-refractivity contribution in [2.75, 3.05) is 38.5 Å². The van der Waals surface area contributed by atoms with Crippen LogP contribution in [0.15, 0.2) is 36.4 Å². The van der Waals surface area contributed by atoms with Crippen molar-refractivity contribution < 1.29 is 4.79 Å². The van der Waals surface area contributed by atoms with Gasteiger partial charge in [-0.25, -0.2) is 9.97 Å². The first kappa shape index (κ1) is 17.5. The number of nitrogens with one attached hydrogen (secondary N) is 1. The van der Waals surface area contributed by atoms with E-state index in [1.165, 1.54) is 0 Å². The lowest BCUT2D eigenvalue weighted by Gasteiger charge is -2.37. The van der Waals surface area contributed by atoms with E-state index < -0.39 is 0 Å². The van der Waals surface area contributed by atoms with E-state index >= 15 is 0 Å². The fourth-order valence-electron chi connectivity index (χ4n) is 3.20. The maximum Gasteiger partial charge on any atom is 0.248 e. The van der Waals surface area contributed by atoms with E-state index in [1.54, 1.807) is 0 Å². The van der Waals surface area contributed by atoms with Crippen LogP contribution in [-0.4, -0.2) is 58.9 Å². The molecular weight excluding hydrogens is 314 g/mol. The molecule has 3 rings (SSSR count). The zero-order chi connectivity index (χ0) is 17.8. The Balaban J connectivity index is 1.84. The van der Waals surface area contributed by atoms with Gasteiger partial charge in [-0.05, 0) is 32.5 Å². The molecule has 0 aliphatic carbocycles. The predicted molar refractivity (Wildman–Crippen MR) is 98.4 cm³/mol. The summed E-state index contributed by atoms with van der Waals surface area (Å²) in [4.78, 5) is 26.3. The number of hydrogen-bond donors (Lipinski definition) is 1. The highest BCUT2D eigenvalue weighted by molar-refractivity contribution is 5.94. The second-order valence-corrected chi connectivity index (χ2v) is 6.62. The van der Waals surface area contributed by atoms with E-state index in [0.717, 1.165) is 43.1 Å². The van der Waals surface area contributed by atoms with Gasteiger partial charge in [0, 0.05) is 37.6 Å². The summed E-state index contributed by atoms with van der Waals surface area (Å²) in [6.07, 6.45) is 0. The van der Waals surface area contributed by atoms with E-state index in [0.29, 0.717) is 5.95 Å². The van der Waals surface area contributed by atoms with Crippen LogP contribution in [0, 0.1) is 13.8 Å². The number of aromatic nitrogens is 2. The van der Waals surface area contributed by atoms with Gasteiger partial charge < -0.3 is 4.90 Å². The van der Waals surface area contributed by atoms with Crippen molar-refractivity contribution >= 4 is 11.9 Å². The average Bonchev–Trinajstić information content (AvgIpc) is 2.57. The number of hydrogen-bond acceptors (Lipinski definition) is 5. The number of anilines is 1. The lowest BCUT2D eigenvalue weighted by atomic mass is 10.0. The van der Waals surface area contributed by atoms with Gasteiger partial charge >= 0.3 is 0 Å². The van der Waals surface area contributed by atoms with Crippen molar-refractivity contribution in [2.45, 2.75) is 19.9 Å². The molecule has 2 aromatic rings. The number of carbonyl (C=O) groups is 1. The molecule has 1 aliphatic rings. The van der Waals surface area contributed by atoms with Gasteiger partial charge in [0.05, 0.1) is 0 Å². The van der Waals surface area contributed by atoms with Crippen LogP contribution in [0.5, 0.6) is 0 Å². The third kappa shape index (κ3) is 4.41. The summed E-state index contributed by atoms with van der Waals surface area (Å²) >= 11 is 0. The first-order chi connectivity index (χ1) is 12.0. The van der Waals surface area contributed by atoms with Crippen molar-refractivity contribution in [3.05, 3.63) is 53.3 Å². The maximum atomic E-state index is 13.1.